The van der Waals surface area contributed by atoms with Gasteiger partial charge in [0.2, 0.25) is 11.8 Å². The average Bonchev–Trinajstić information content (AvgIpc) is 3.06. The normalized spacial score (nSPS) is 13.8. The quantitative estimate of drug-likeness (QED) is 0.110. The fourth-order valence-corrected chi connectivity index (χ4v) is 5.58. The van der Waals surface area contributed by atoms with Crippen LogP contribution in [0.2, 0.25) is 0 Å². The lowest BCUT2D eigenvalue weighted by Crippen LogP contribution is -2.55. The summed E-state index contributed by atoms with van der Waals surface area (Å²) in [4.78, 5) is 28.9. The number of nitrogens with one attached hydrogen (secondary N) is 2. The van der Waals surface area contributed by atoms with Gasteiger partial charge in [-0.3, -0.25) is 9.59 Å². The minimum atomic E-state index is -0.922. The van der Waals surface area contributed by atoms with Crippen molar-refractivity contribution in [3.8, 4) is 5.75 Å². The van der Waals surface area contributed by atoms with Gasteiger partial charge in [-0.25, -0.2) is 0 Å². The molecule has 1 unspecified atom stereocenters. The van der Waals surface area contributed by atoms with Crippen molar-refractivity contribution in [1.29, 1.82) is 0 Å². The van der Waals surface area contributed by atoms with Gasteiger partial charge in [-0.2, -0.15) is 0 Å². The number of amides is 2. The zero-order valence-corrected chi connectivity index (χ0v) is 27.8. The molecule has 8 heteroatoms. The number of hydrogen-bond acceptors (Lipinski definition) is 6. The fraction of sp³-hybridized carbons (Fsp3) is 0.514. The summed E-state index contributed by atoms with van der Waals surface area (Å²) >= 11 is 0. The summed E-state index contributed by atoms with van der Waals surface area (Å²) in [6.07, 6.45) is 7.23. The Hall–Kier alpha value is -3.46. The van der Waals surface area contributed by atoms with Gasteiger partial charge in [0.1, 0.15) is 11.8 Å². The second kappa shape index (κ2) is 21.3. The van der Waals surface area contributed by atoms with Crippen molar-refractivity contribution in [2.75, 3.05) is 33.9 Å². The van der Waals surface area contributed by atoms with Crippen LogP contribution in [0.1, 0.15) is 69.5 Å². The third kappa shape index (κ3) is 12.8. The SMILES string of the molecule is C=CCOCCC(NC[C@@H](O)[C@H](Cc1ccccc1)NC(=O)[C@H](CC=C)N(C)C(=O)C(CCC)CCC)c1cccc(OC)c1. The van der Waals surface area contributed by atoms with Crippen LogP contribution >= 0.6 is 0 Å². The molecule has 45 heavy (non-hydrogen) atoms. The molecule has 0 spiro atoms. The molecule has 0 aromatic heterocycles. The maximum atomic E-state index is 13.8. The minimum absolute atomic E-state index is 0.0256. The van der Waals surface area contributed by atoms with Crippen LogP contribution in [0.5, 0.6) is 5.75 Å². The van der Waals surface area contributed by atoms with Crippen molar-refractivity contribution in [3.05, 3.63) is 91.0 Å². The summed E-state index contributed by atoms with van der Waals surface area (Å²) < 4.78 is 11.1. The lowest BCUT2D eigenvalue weighted by atomic mass is 9.95. The Morgan fingerprint density at radius 2 is 1.71 bits per heavy atom. The summed E-state index contributed by atoms with van der Waals surface area (Å²) in [5.74, 6) is 0.291. The van der Waals surface area contributed by atoms with Crippen LogP contribution in [-0.2, 0) is 20.7 Å². The smallest absolute Gasteiger partial charge is 0.243 e. The molecular weight excluding hydrogens is 566 g/mol. The van der Waals surface area contributed by atoms with Gasteiger partial charge in [0.25, 0.3) is 0 Å². The predicted octanol–water partition coefficient (Wildman–Crippen LogP) is 5.63. The number of ether oxygens (including phenoxy) is 2. The van der Waals surface area contributed by atoms with Crippen molar-refractivity contribution in [1.82, 2.24) is 15.5 Å². The van der Waals surface area contributed by atoms with Gasteiger partial charge < -0.3 is 30.1 Å². The third-order valence-corrected chi connectivity index (χ3v) is 8.08. The number of likely N-dealkylation sites (N-methyl/N-ethyl adjacent to an activating group) is 1. The summed E-state index contributed by atoms with van der Waals surface area (Å²) in [6, 6.07) is 16.1. The highest BCUT2D eigenvalue weighted by molar-refractivity contribution is 5.88. The van der Waals surface area contributed by atoms with Crippen LogP contribution < -0.4 is 15.4 Å². The molecule has 2 aromatic rings. The first-order valence-corrected chi connectivity index (χ1v) is 16.2. The fourth-order valence-electron chi connectivity index (χ4n) is 5.58. The minimum Gasteiger partial charge on any atom is -0.497 e. The molecule has 0 radical (unpaired) electrons. The molecule has 0 bridgehead atoms. The zero-order chi connectivity index (χ0) is 33.0. The first-order chi connectivity index (χ1) is 21.8. The highest BCUT2D eigenvalue weighted by atomic mass is 16.5. The molecule has 0 saturated heterocycles. The second-order valence-corrected chi connectivity index (χ2v) is 11.5. The molecule has 0 aliphatic heterocycles. The highest BCUT2D eigenvalue weighted by Gasteiger charge is 2.32. The molecule has 0 aliphatic carbocycles. The van der Waals surface area contributed by atoms with E-state index in [1.165, 1.54) is 0 Å². The van der Waals surface area contributed by atoms with Crippen molar-refractivity contribution in [2.24, 2.45) is 5.92 Å². The number of aliphatic hydroxyl groups excluding tert-OH is 1. The number of methoxy groups -OCH3 is 1. The number of hydrogen-bond donors (Lipinski definition) is 3. The van der Waals surface area contributed by atoms with Crippen LogP contribution in [0.15, 0.2) is 79.9 Å². The van der Waals surface area contributed by atoms with E-state index in [1.54, 1.807) is 31.2 Å². The lowest BCUT2D eigenvalue weighted by Gasteiger charge is -2.33. The number of benzene rings is 2. The van der Waals surface area contributed by atoms with E-state index in [4.69, 9.17) is 9.47 Å². The van der Waals surface area contributed by atoms with E-state index in [0.717, 1.165) is 42.6 Å². The highest BCUT2D eigenvalue weighted by Crippen LogP contribution is 2.23. The Balaban J connectivity index is 2.27. The van der Waals surface area contributed by atoms with Crippen molar-refractivity contribution >= 4 is 11.8 Å². The molecule has 2 rings (SSSR count). The van der Waals surface area contributed by atoms with E-state index in [9.17, 15) is 14.7 Å². The number of carbonyl (C=O) groups excluding carboxylic acids is 2. The number of nitrogens with zero attached hydrogens (tertiary/aromatic N) is 1. The van der Waals surface area contributed by atoms with E-state index in [2.05, 4.69) is 37.6 Å². The van der Waals surface area contributed by atoms with Gasteiger partial charge in [-0.1, -0.05) is 81.3 Å². The summed E-state index contributed by atoms with van der Waals surface area (Å²) in [7, 11) is 3.33. The van der Waals surface area contributed by atoms with Gasteiger partial charge in [0.15, 0.2) is 0 Å². The van der Waals surface area contributed by atoms with E-state index >= 15 is 0 Å². The van der Waals surface area contributed by atoms with E-state index in [0.29, 0.717) is 32.5 Å². The lowest BCUT2D eigenvalue weighted by molar-refractivity contribution is -0.142. The molecule has 0 heterocycles. The molecule has 248 valence electrons. The summed E-state index contributed by atoms with van der Waals surface area (Å²) in [5.41, 5.74) is 1.99. The molecule has 3 N–H and O–H groups in total. The van der Waals surface area contributed by atoms with Gasteiger partial charge in [0, 0.05) is 32.2 Å². The van der Waals surface area contributed by atoms with E-state index < -0.39 is 18.2 Å². The second-order valence-electron chi connectivity index (χ2n) is 11.5. The van der Waals surface area contributed by atoms with Crippen LogP contribution in [0.3, 0.4) is 0 Å². The molecule has 2 aromatic carbocycles. The Labute approximate surface area is 270 Å². The average molecular weight is 622 g/mol. The van der Waals surface area contributed by atoms with Gasteiger partial charge in [0.05, 0.1) is 25.9 Å². The van der Waals surface area contributed by atoms with Gasteiger partial charge >= 0.3 is 0 Å². The Morgan fingerprint density at radius 1 is 1.00 bits per heavy atom. The Morgan fingerprint density at radius 3 is 2.33 bits per heavy atom. The van der Waals surface area contributed by atoms with Gasteiger partial charge in [-0.05, 0) is 55.4 Å². The first-order valence-electron chi connectivity index (χ1n) is 16.2. The molecule has 0 aliphatic rings. The molecule has 0 fully saturated rings. The van der Waals surface area contributed by atoms with Crippen LogP contribution in [0.25, 0.3) is 0 Å². The monoisotopic (exact) mass is 621 g/mol. The number of aliphatic hydroxyl groups is 1. The predicted molar refractivity (Wildman–Crippen MR) is 182 cm³/mol. The van der Waals surface area contributed by atoms with Crippen molar-refractivity contribution in [3.63, 3.8) is 0 Å². The number of carbonyl (C=O) groups is 2. The molecule has 8 nitrogen and oxygen atoms in total. The Kier molecular flexibility index (Phi) is 17.9. The summed E-state index contributed by atoms with van der Waals surface area (Å²) in [5, 5.41) is 18.2. The molecule has 2 amide bonds. The largest absolute Gasteiger partial charge is 0.497 e. The van der Waals surface area contributed by atoms with Crippen LogP contribution in [-0.4, -0.2) is 73.9 Å². The topological polar surface area (TPSA) is 100 Å². The molecule has 4 atom stereocenters. The maximum Gasteiger partial charge on any atom is 0.243 e. The van der Waals surface area contributed by atoms with Gasteiger partial charge in [-0.15, -0.1) is 13.2 Å². The number of rotatable bonds is 23. The Bertz CT molecular complexity index is 1150. The summed E-state index contributed by atoms with van der Waals surface area (Å²) in [6.45, 7) is 12.9. The maximum absolute atomic E-state index is 13.8. The standard InChI is InChI=1S/C37H55N3O5/c1-7-15-29(16-8-2)37(43)40(5)34(17-9-3)36(42)39-33(25-28-18-12-11-13-19-28)35(41)27-38-32(22-24-45-23-10-4)30-20-14-21-31(26-30)44-6/h9-14,18-21,26,29,32-35,38,41H,3-4,7-8,15-17,22-25,27H2,1-2,5-6H3,(H,39,42)/t32?,33-,34-,35+/m0/s1. The van der Waals surface area contributed by atoms with Crippen molar-refractivity contribution in [2.45, 2.75) is 83.0 Å². The molecular formula is C37H55N3O5. The van der Waals surface area contributed by atoms with E-state index in [1.807, 2.05) is 54.6 Å². The van der Waals surface area contributed by atoms with Crippen molar-refractivity contribution < 1.29 is 24.2 Å². The first kappa shape index (κ1) is 37.7. The van der Waals surface area contributed by atoms with Crippen LogP contribution in [0, 0.1) is 5.92 Å². The zero-order valence-electron chi connectivity index (χ0n) is 27.8. The third-order valence-electron chi connectivity index (χ3n) is 8.08. The van der Waals surface area contributed by atoms with E-state index in [-0.39, 0.29) is 30.3 Å². The molecule has 0 saturated carbocycles. The van der Waals surface area contributed by atoms with Crippen LogP contribution in [0.4, 0.5) is 0 Å².